The smallest absolute Gasteiger partial charge is 0.0701 e. The van der Waals surface area contributed by atoms with Gasteiger partial charge in [0.05, 0.1) is 185 Å². The first-order valence-corrected chi connectivity index (χ1v) is 41.3. The Morgan fingerprint density at radius 3 is 0.461 bits per heavy atom. The van der Waals surface area contributed by atoms with Crippen molar-refractivity contribution in [1.82, 2.24) is 29.4 Å². The lowest BCUT2D eigenvalue weighted by Gasteiger charge is -2.23. The van der Waals surface area contributed by atoms with Gasteiger partial charge in [-0.2, -0.15) is 0 Å². The highest BCUT2D eigenvalue weighted by Crippen LogP contribution is 2.16. The second-order valence-corrected chi connectivity index (χ2v) is 27.9. The minimum Gasteiger partial charge on any atom is -0.378 e. The molecule has 102 heavy (non-hydrogen) atoms. The van der Waals surface area contributed by atoms with Crippen LogP contribution in [-0.2, 0) is 79.4 Å². The Morgan fingerprint density at radius 2 is 0.294 bits per heavy atom. The molecule has 3 fully saturated rings. The van der Waals surface area contributed by atoms with Crippen LogP contribution in [0.25, 0.3) is 0 Å². The van der Waals surface area contributed by atoms with E-state index in [0.717, 1.165) is 144 Å². The van der Waals surface area contributed by atoms with E-state index in [1.807, 2.05) is 0 Å². The van der Waals surface area contributed by atoms with E-state index in [9.17, 15) is 0 Å². The average molecular weight is 1440 g/mol. The van der Waals surface area contributed by atoms with Crippen LogP contribution in [0.3, 0.4) is 0 Å². The van der Waals surface area contributed by atoms with Crippen molar-refractivity contribution in [2.45, 2.75) is 167 Å². The number of unbranched alkanes of at least 4 members (excludes halogenated alkanes) is 22. The monoisotopic (exact) mass is 1440 g/mol. The molecular weight excluding hydrogens is 1290 g/mol. The fraction of sp³-hybridized carbons (Fsp3) is 0.854. The molecule has 20 nitrogen and oxygen atoms in total. The van der Waals surface area contributed by atoms with Gasteiger partial charge in [-0.15, -0.1) is 0 Å². The third-order valence-corrected chi connectivity index (χ3v) is 19.5. The fourth-order valence-electron chi connectivity index (χ4n) is 13.1. The van der Waals surface area contributed by atoms with Gasteiger partial charge in [-0.05, 0) is 63.0 Å². The Morgan fingerprint density at radius 1 is 0.157 bits per heavy atom. The highest BCUT2D eigenvalue weighted by molar-refractivity contribution is 5.15. The molecule has 0 atom stereocenters. The molecule has 0 aliphatic carbocycles. The second-order valence-electron chi connectivity index (χ2n) is 27.9. The van der Waals surface area contributed by atoms with Gasteiger partial charge in [-0.25, -0.2) is 0 Å². The van der Waals surface area contributed by atoms with Gasteiger partial charge in [0, 0.05) is 91.6 Å². The Labute approximate surface area is 621 Å². The zero-order valence-electron chi connectivity index (χ0n) is 64.7. The first-order chi connectivity index (χ1) is 50.8. The summed E-state index contributed by atoms with van der Waals surface area (Å²) in [6.45, 7) is 35.3. The first-order valence-electron chi connectivity index (χ1n) is 41.3. The van der Waals surface area contributed by atoms with Gasteiger partial charge in [0.15, 0.2) is 0 Å². The van der Waals surface area contributed by atoms with Crippen LogP contribution in [0.5, 0.6) is 0 Å². The molecule has 20 heteroatoms. The fourth-order valence-corrected chi connectivity index (χ4v) is 13.1. The minimum absolute atomic E-state index is 0.590. The summed E-state index contributed by atoms with van der Waals surface area (Å²) < 4.78 is 83.8. The summed E-state index contributed by atoms with van der Waals surface area (Å²) in [5.74, 6) is 0. The number of benzene rings is 2. The molecule has 0 bridgehead atoms. The predicted molar refractivity (Wildman–Crippen MR) is 411 cm³/mol. The molecule has 2 aromatic carbocycles. The summed E-state index contributed by atoms with van der Waals surface area (Å²) in [7, 11) is 0. The summed E-state index contributed by atoms with van der Waals surface area (Å²) in [6.07, 6.45) is 31.5. The third kappa shape index (κ3) is 56.0. The highest BCUT2D eigenvalue weighted by Gasteiger charge is 2.14. The van der Waals surface area contributed by atoms with Crippen molar-refractivity contribution < 1.29 is 66.3 Å². The number of nitrogens with zero attached hydrogens (tertiary/aromatic N) is 6. The van der Waals surface area contributed by atoms with E-state index < -0.39 is 0 Å². The van der Waals surface area contributed by atoms with E-state index in [0.29, 0.717) is 159 Å². The van der Waals surface area contributed by atoms with Gasteiger partial charge < -0.3 is 66.3 Å². The maximum atomic E-state index is 6.04. The molecule has 2 aromatic rings. The molecule has 3 saturated heterocycles. The lowest BCUT2D eigenvalue weighted by atomic mass is 10.0. The van der Waals surface area contributed by atoms with Gasteiger partial charge in [-0.1, -0.05) is 189 Å². The van der Waals surface area contributed by atoms with Crippen molar-refractivity contribution in [3.8, 4) is 0 Å². The van der Waals surface area contributed by atoms with Crippen molar-refractivity contribution in [2.24, 2.45) is 0 Å². The molecule has 592 valence electrons. The van der Waals surface area contributed by atoms with Gasteiger partial charge in [-0.3, -0.25) is 29.4 Å². The summed E-state index contributed by atoms with van der Waals surface area (Å²) in [6, 6.07) is 21.2. The predicted octanol–water partition coefficient (Wildman–Crippen LogP) is 11.8. The minimum atomic E-state index is 0.590. The van der Waals surface area contributed by atoms with E-state index >= 15 is 0 Å². The standard InChI is InChI=1S/C82H150N6O14/c1(5-9-13-17-27-35-83-39-51-89-63-67-97-59-47-87(79-81-31-23-21-24-32-81)48-60-98-68-64-90-52-40-83)3-7-11-15-19-29-37-85-43-55-93-71-75-101-77-73-95-57-45-86(46-58-96-74-78-102-76-72-94-56-44-85)38-30-20-16-12-8-4-2-6-10-14-18-28-36-84-41-53-91-65-69-99-61-49-88(80-82-33-25-22-26-34-82)50-62-100-70-66-92-54-42-84/h21-26,31-34H,1-20,27-30,35-80H2. The largest absolute Gasteiger partial charge is 0.378 e. The molecular formula is C82H150N6O14. The molecule has 0 unspecified atom stereocenters. The summed E-state index contributed by atoms with van der Waals surface area (Å²) in [5.41, 5.74) is 2.62. The van der Waals surface area contributed by atoms with E-state index in [1.165, 1.54) is 165 Å². The molecule has 0 amide bonds. The molecule has 0 aromatic heterocycles. The van der Waals surface area contributed by atoms with Crippen molar-refractivity contribution in [1.29, 1.82) is 0 Å². The van der Waals surface area contributed by atoms with E-state index in [-0.39, 0.29) is 0 Å². The Bertz CT molecular complexity index is 1820. The van der Waals surface area contributed by atoms with Crippen LogP contribution >= 0.6 is 0 Å². The van der Waals surface area contributed by atoms with Crippen molar-refractivity contribution in [3.63, 3.8) is 0 Å². The van der Waals surface area contributed by atoms with Crippen molar-refractivity contribution in [3.05, 3.63) is 71.8 Å². The molecule has 0 spiro atoms. The maximum Gasteiger partial charge on any atom is 0.0701 e. The SMILES string of the molecule is c1ccc(CN2CCOCCOCCN(CCCCCCCCCCCCCCN3CCOCCOCCOCCN(CCCCCCCCCCCCCCN4CCOCCOCCN(Cc5ccccc5)CCOCCOCC4)CCOCCOCCOCC3)CCOCCOCC2)cc1. The molecule has 5 rings (SSSR count). The lowest BCUT2D eigenvalue weighted by molar-refractivity contribution is -0.00598. The molecule has 3 aliphatic rings. The Balaban J connectivity index is 0.786. The van der Waals surface area contributed by atoms with Crippen LogP contribution in [0.15, 0.2) is 60.7 Å². The Kier molecular flexibility index (Phi) is 62.2. The highest BCUT2D eigenvalue weighted by atomic mass is 16.6. The zero-order chi connectivity index (χ0) is 71.1. The quantitative estimate of drug-likeness (QED) is 0.0611. The molecule has 0 saturated carbocycles. The normalized spacial score (nSPS) is 20.5. The van der Waals surface area contributed by atoms with E-state index in [2.05, 4.69) is 90.1 Å². The Hall–Kier alpha value is -2.36. The molecule has 3 aliphatic heterocycles. The lowest BCUT2D eigenvalue weighted by Crippen LogP contribution is -2.33. The van der Waals surface area contributed by atoms with Gasteiger partial charge in [0.1, 0.15) is 0 Å². The molecule has 3 heterocycles. The zero-order valence-corrected chi connectivity index (χ0v) is 64.7. The third-order valence-electron chi connectivity index (χ3n) is 19.5. The number of ether oxygens (including phenoxy) is 14. The van der Waals surface area contributed by atoms with Crippen LogP contribution in [0.1, 0.15) is 165 Å². The van der Waals surface area contributed by atoms with E-state index in [4.69, 9.17) is 66.3 Å². The maximum absolute atomic E-state index is 6.04. The van der Waals surface area contributed by atoms with Crippen LogP contribution in [-0.4, -0.2) is 319 Å². The first kappa shape index (κ1) is 90.3. The topological polar surface area (TPSA) is 149 Å². The van der Waals surface area contributed by atoms with Crippen LogP contribution in [0, 0.1) is 0 Å². The van der Waals surface area contributed by atoms with Crippen LogP contribution in [0.2, 0.25) is 0 Å². The van der Waals surface area contributed by atoms with Gasteiger partial charge in [0.25, 0.3) is 0 Å². The average Bonchev–Trinajstić information content (AvgIpc) is 1.38. The van der Waals surface area contributed by atoms with E-state index in [1.54, 1.807) is 0 Å². The number of hydrogen-bond acceptors (Lipinski definition) is 20. The summed E-state index contributed by atoms with van der Waals surface area (Å²) >= 11 is 0. The molecule has 0 radical (unpaired) electrons. The van der Waals surface area contributed by atoms with Gasteiger partial charge in [0.2, 0.25) is 0 Å². The van der Waals surface area contributed by atoms with Crippen LogP contribution < -0.4 is 0 Å². The van der Waals surface area contributed by atoms with Gasteiger partial charge >= 0.3 is 0 Å². The van der Waals surface area contributed by atoms with Crippen LogP contribution in [0.4, 0.5) is 0 Å². The number of hydrogen-bond donors (Lipinski definition) is 0. The summed E-state index contributed by atoms with van der Waals surface area (Å²) in [5, 5.41) is 0. The van der Waals surface area contributed by atoms with Crippen molar-refractivity contribution >= 4 is 0 Å². The van der Waals surface area contributed by atoms with Crippen molar-refractivity contribution in [2.75, 3.05) is 290 Å². The summed E-state index contributed by atoms with van der Waals surface area (Å²) in [4.78, 5) is 14.8. The second kappa shape index (κ2) is 70.3. The molecule has 0 N–H and O–H groups in total. The number of rotatable bonds is 34.